The van der Waals surface area contributed by atoms with Crippen molar-refractivity contribution in [2.24, 2.45) is 5.92 Å². The molecule has 0 aliphatic heterocycles. The van der Waals surface area contributed by atoms with Crippen molar-refractivity contribution in [3.8, 4) is 0 Å². The second-order valence-corrected chi connectivity index (χ2v) is 3.37. The van der Waals surface area contributed by atoms with Gasteiger partial charge in [-0.05, 0) is 30.9 Å². The van der Waals surface area contributed by atoms with Crippen LogP contribution in [-0.4, -0.2) is 17.4 Å². The Hall–Kier alpha value is -1.38. The van der Waals surface area contributed by atoms with Crippen LogP contribution in [0.5, 0.6) is 0 Å². The summed E-state index contributed by atoms with van der Waals surface area (Å²) < 4.78 is 0. The van der Waals surface area contributed by atoms with E-state index in [-0.39, 0.29) is 5.91 Å². The Morgan fingerprint density at radius 3 is 3.00 bits per heavy atom. The van der Waals surface area contributed by atoms with Crippen LogP contribution in [0.3, 0.4) is 0 Å². The van der Waals surface area contributed by atoms with E-state index in [4.69, 9.17) is 0 Å². The van der Waals surface area contributed by atoms with E-state index < -0.39 is 0 Å². The summed E-state index contributed by atoms with van der Waals surface area (Å²) >= 11 is 0. The lowest BCUT2D eigenvalue weighted by Crippen LogP contribution is -2.26. The van der Waals surface area contributed by atoms with E-state index >= 15 is 0 Å². The second kappa shape index (κ2) is 3.56. The molecule has 2 rings (SSSR count). The van der Waals surface area contributed by atoms with E-state index in [1.165, 1.54) is 12.8 Å². The molecule has 68 valence electrons. The molecule has 1 aromatic rings. The number of carbonyl (C=O) groups is 1. The molecule has 1 aliphatic rings. The number of amides is 1. The lowest BCUT2D eigenvalue weighted by Gasteiger charge is -2.01. The maximum Gasteiger partial charge on any atom is 0.269 e. The van der Waals surface area contributed by atoms with Crippen molar-refractivity contribution in [1.82, 2.24) is 10.3 Å². The predicted molar refractivity (Wildman–Crippen MR) is 49.3 cm³/mol. The zero-order chi connectivity index (χ0) is 9.10. The number of hydrogen-bond acceptors (Lipinski definition) is 2. The van der Waals surface area contributed by atoms with Crippen LogP contribution in [0.2, 0.25) is 0 Å². The van der Waals surface area contributed by atoms with Crippen molar-refractivity contribution in [1.29, 1.82) is 0 Å². The fourth-order valence-corrected chi connectivity index (χ4v) is 1.15. The minimum atomic E-state index is -0.0625. The SMILES string of the molecule is O=C(NCC1CC1)c1ccccn1. The third-order valence-electron chi connectivity index (χ3n) is 2.15. The van der Waals surface area contributed by atoms with Crippen molar-refractivity contribution >= 4 is 5.91 Å². The number of hydrogen-bond donors (Lipinski definition) is 1. The van der Waals surface area contributed by atoms with Crippen molar-refractivity contribution in [2.45, 2.75) is 12.8 Å². The molecule has 1 fully saturated rings. The minimum absolute atomic E-state index is 0.0625. The Balaban J connectivity index is 1.89. The van der Waals surface area contributed by atoms with E-state index in [0.717, 1.165) is 6.54 Å². The van der Waals surface area contributed by atoms with Crippen LogP contribution in [0.15, 0.2) is 24.4 Å². The molecule has 3 nitrogen and oxygen atoms in total. The van der Waals surface area contributed by atoms with Gasteiger partial charge in [0.15, 0.2) is 0 Å². The highest BCUT2D eigenvalue weighted by Crippen LogP contribution is 2.27. The first-order chi connectivity index (χ1) is 6.36. The molecule has 0 radical (unpaired) electrons. The highest BCUT2D eigenvalue weighted by molar-refractivity contribution is 5.92. The molecule has 0 aromatic carbocycles. The average molecular weight is 176 g/mol. The molecule has 0 saturated heterocycles. The number of nitrogens with zero attached hydrogens (tertiary/aromatic N) is 1. The van der Waals surface area contributed by atoms with Gasteiger partial charge in [-0.1, -0.05) is 6.07 Å². The first kappa shape index (κ1) is 8.23. The van der Waals surface area contributed by atoms with Crippen molar-refractivity contribution in [3.05, 3.63) is 30.1 Å². The zero-order valence-corrected chi connectivity index (χ0v) is 7.36. The summed E-state index contributed by atoms with van der Waals surface area (Å²) in [5.41, 5.74) is 0.503. The Labute approximate surface area is 77.2 Å². The number of pyridine rings is 1. The number of carbonyl (C=O) groups excluding carboxylic acids is 1. The molecule has 0 unspecified atom stereocenters. The first-order valence-corrected chi connectivity index (χ1v) is 4.55. The zero-order valence-electron chi connectivity index (χ0n) is 7.36. The van der Waals surface area contributed by atoms with Crippen LogP contribution in [0.25, 0.3) is 0 Å². The molecule has 0 atom stereocenters. The smallest absolute Gasteiger partial charge is 0.269 e. The molecule has 13 heavy (non-hydrogen) atoms. The van der Waals surface area contributed by atoms with E-state index in [1.54, 1.807) is 18.3 Å². The minimum Gasteiger partial charge on any atom is -0.350 e. The van der Waals surface area contributed by atoms with Crippen LogP contribution >= 0.6 is 0 Å². The number of nitrogens with one attached hydrogen (secondary N) is 1. The molecule has 0 spiro atoms. The normalized spacial score (nSPS) is 15.4. The average Bonchev–Trinajstić information content (AvgIpc) is 2.99. The van der Waals surface area contributed by atoms with Crippen LogP contribution in [0, 0.1) is 5.92 Å². The monoisotopic (exact) mass is 176 g/mol. The van der Waals surface area contributed by atoms with Gasteiger partial charge in [0.05, 0.1) is 0 Å². The van der Waals surface area contributed by atoms with Gasteiger partial charge in [0.2, 0.25) is 0 Å². The molecule has 1 heterocycles. The third kappa shape index (κ3) is 2.28. The molecular weight excluding hydrogens is 164 g/mol. The van der Waals surface area contributed by atoms with Gasteiger partial charge in [-0.15, -0.1) is 0 Å². The standard InChI is InChI=1S/C10H12N2O/c13-10(12-7-8-4-5-8)9-3-1-2-6-11-9/h1-3,6,8H,4-5,7H2,(H,12,13). The molecule has 1 aromatic heterocycles. The van der Waals surface area contributed by atoms with Crippen molar-refractivity contribution in [3.63, 3.8) is 0 Å². The molecule has 1 amide bonds. The van der Waals surface area contributed by atoms with Gasteiger partial charge in [0, 0.05) is 12.7 Å². The second-order valence-electron chi connectivity index (χ2n) is 3.37. The lowest BCUT2D eigenvalue weighted by atomic mass is 10.3. The largest absolute Gasteiger partial charge is 0.350 e. The van der Waals surface area contributed by atoms with Gasteiger partial charge in [-0.2, -0.15) is 0 Å². The summed E-state index contributed by atoms with van der Waals surface area (Å²) in [5.74, 6) is 0.653. The van der Waals surface area contributed by atoms with Gasteiger partial charge in [0.25, 0.3) is 5.91 Å². The number of aromatic nitrogens is 1. The Morgan fingerprint density at radius 1 is 1.54 bits per heavy atom. The van der Waals surface area contributed by atoms with Crippen LogP contribution in [0.4, 0.5) is 0 Å². The summed E-state index contributed by atoms with van der Waals surface area (Å²) in [6.07, 6.45) is 4.14. The highest BCUT2D eigenvalue weighted by Gasteiger charge is 2.21. The summed E-state index contributed by atoms with van der Waals surface area (Å²) in [6, 6.07) is 5.35. The van der Waals surface area contributed by atoms with E-state index in [0.29, 0.717) is 11.6 Å². The van der Waals surface area contributed by atoms with Crippen LogP contribution in [-0.2, 0) is 0 Å². The molecule has 0 bridgehead atoms. The van der Waals surface area contributed by atoms with E-state index in [9.17, 15) is 4.79 Å². The highest BCUT2D eigenvalue weighted by atomic mass is 16.1. The summed E-state index contributed by atoms with van der Waals surface area (Å²) in [5, 5.41) is 2.86. The summed E-state index contributed by atoms with van der Waals surface area (Å²) in [4.78, 5) is 15.4. The Kier molecular flexibility index (Phi) is 2.25. The van der Waals surface area contributed by atoms with E-state index in [1.807, 2.05) is 6.07 Å². The van der Waals surface area contributed by atoms with Gasteiger partial charge in [-0.25, -0.2) is 0 Å². The van der Waals surface area contributed by atoms with Crippen LogP contribution in [0.1, 0.15) is 23.3 Å². The first-order valence-electron chi connectivity index (χ1n) is 4.55. The number of rotatable bonds is 3. The van der Waals surface area contributed by atoms with Gasteiger partial charge >= 0.3 is 0 Å². The third-order valence-corrected chi connectivity index (χ3v) is 2.15. The lowest BCUT2D eigenvalue weighted by molar-refractivity contribution is 0.0947. The molecule has 1 saturated carbocycles. The molecule has 1 aliphatic carbocycles. The van der Waals surface area contributed by atoms with Crippen LogP contribution < -0.4 is 5.32 Å². The molecule has 1 N–H and O–H groups in total. The van der Waals surface area contributed by atoms with Gasteiger partial charge < -0.3 is 5.32 Å². The topological polar surface area (TPSA) is 42.0 Å². The van der Waals surface area contributed by atoms with Gasteiger partial charge in [-0.3, -0.25) is 9.78 Å². The maximum absolute atomic E-state index is 11.4. The van der Waals surface area contributed by atoms with Crippen molar-refractivity contribution < 1.29 is 4.79 Å². The fraction of sp³-hybridized carbons (Fsp3) is 0.400. The fourth-order valence-electron chi connectivity index (χ4n) is 1.15. The molecule has 3 heteroatoms. The van der Waals surface area contributed by atoms with Crippen molar-refractivity contribution in [2.75, 3.05) is 6.54 Å². The Morgan fingerprint density at radius 2 is 2.38 bits per heavy atom. The predicted octanol–water partition coefficient (Wildman–Crippen LogP) is 1.22. The Bertz CT molecular complexity index is 293. The van der Waals surface area contributed by atoms with Gasteiger partial charge in [0.1, 0.15) is 5.69 Å². The summed E-state index contributed by atoms with van der Waals surface area (Å²) in [7, 11) is 0. The quantitative estimate of drug-likeness (QED) is 0.752. The summed E-state index contributed by atoms with van der Waals surface area (Å²) in [6.45, 7) is 0.801. The maximum atomic E-state index is 11.4. The molecular formula is C10H12N2O. The van der Waals surface area contributed by atoms with E-state index in [2.05, 4.69) is 10.3 Å².